The Balaban J connectivity index is 2.45. The van der Waals surface area contributed by atoms with Gasteiger partial charge in [0.1, 0.15) is 5.60 Å². The SMILES string of the molecule is CCC(CNCc1cnc(N(C)C)n1C)NC(=O)OC(C)(C)C. The minimum absolute atomic E-state index is 0.0337. The van der Waals surface area contributed by atoms with Crippen molar-refractivity contribution in [3.63, 3.8) is 0 Å². The number of alkyl carbamates (subject to hydrolysis) is 1. The van der Waals surface area contributed by atoms with Gasteiger partial charge in [-0.25, -0.2) is 9.78 Å². The minimum atomic E-state index is -0.479. The molecule has 0 bridgehead atoms. The van der Waals surface area contributed by atoms with E-state index in [1.54, 1.807) is 0 Å². The third-order valence-electron chi connectivity index (χ3n) is 3.37. The fraction of sp³-hybridized carbons (Fsp3) is 0.750. The number of hydrogen-bond acceptors (Lipinski definition) is 5. The van der Waals surface area contributed by atoms with E-state index in [4.69, 9.17) is 4.74 Å². The molecule has 0 aliphatic heterocycles. The van der Waals surface area contributed by atoms with Crippen molar-refractivity contribution in [1.82, 2.24) is 20.2 Å². The summed E-state index contributed by atoms with van der Waals surface area (Å²) in [5.74, 6) is 0.917. The third kappa shape index (κ3) is 6.48. The van der Waals surface area contributed by atoms with Crippen LogP contribution in [0.25, 0.3) is 0 Å². The van der Waals surface area contributed by atoms with Crippen LogP contribution in [-0.4, -0.2) is 47.9 Å². The largest absolute Gasteiger partial charge is 0.444 e. The number of amides is 1. The summed E-state index contributed by atoms with van der Waals surface area (Å²) < 4.78 is 7.34. The van der Waals surface area contributed by atoms with Gasteiger partial charge in [0.05, 0.1) is 11.9 Å². The van der Waals surface area contributed by atoms with Crippen molar-refractivity contribution in [3.05, 3.63) is 11.9 Å². The highest BCUT2D eigenvalue weighted by atomic mass is 16.6. The number of imidazole rings is 1. The van der Waals surface area contributed by atoms with Crippen LogP contribution >= 0.6 is 0 Å². The van der Waals surface area contributed by atoms with Gasteiger partial charge in [-0.05, 0) is 27.2 Å². The summed E-state index contributed by atoms with van der Waals surface area (Å²) in [5.41, 5.74) is 0.619. The lowest BCUT2D eigenvalue weighted by atomic mass is 10.2. The smallest absolute Gasteiger partial charge is 0.407 e. The summed E-state index contributed by atoms with van der Waals surface area (Å²) in [6, 6.07) is 0.0337. The monoisotopic (exact) mass is 325 g/mol. The van der Waals surface area contributed by atoms with E-state index in [-0.39, 0.29) is 12.1 Å². The summed E-state index contributed by atoms with van der Waals surface area (Å²) in [4.78, 5) is 18.2. The topological polar surface area (TPSA) is 71.4 Å². The van der Waals surface area contributed by atoms with E-state index < -0.39 is 5.60 Å². The Morgan fingerprint density at radius 2 is 2.09 bits per heavy atom. The molecule has 0 spiro atoms. The molecule has 0 fully saturated rings. The highest BCUT2D eigenvalue weighted by Crippen LogP contribution is 2.10. The van der Waals surface area contributed by atoms with Gasteiger partial charge < -0.3 is 24.8 Å². The van der Waals surface area contributed by atoms with Gasteiger partial charge in [-0.1, -0.05) is 6.92 Å². The fourth-order valence-electron chi connectivity index (χ4n) is 2.16. The maximum Gasteiger partial charge on any atom is 0.407 e. The average Bonchev–Trinajstić information content (AvgIpc) is 2.77. The molecule has 1 atom stereocenters. The van der Waals surface area contributed by atoms with E-state index in [2.05, 4.69) is 20.2 Å². The van der Waals surface area contributed by atoms with E-state index in [1.165, 1.54) is 0 Å². The number of aromatic nitrogens is 2. The van der Waals surface area contributed by atoms with Crippen molar-refractivity contribution in [2.24, 2.45) is 7.05 Å². The maximum atomic E-state index is 11.8. The first-order chi connectivity index (χ1) is 10.6. The average molecular weight is 325 g/mol. The van der Waals surface area contributed by atoms with Crippen LogP contribution in [0.15, 0.2) is 6.20 Å². The van der Waals surface area contributed by atoms with Crippen LogP contribution in [0.2, 0.25) is 0 Å². The number of anilines is 1. The Labute approximate surface area is 139 Å². The number of carbonyl (C=O) groups excluding carboxylic acids is 1. The van der Waals surface area contributed by atoms with Crippen molar-refractivity contribution in [3.8, 4) is 0 Å². The molecule has 23 heavy (non-hydrogen) atoms. The highest BCUT2D eigenvalue weighted by Gasteiger charge is 2.18. The molecule has 1 heterocycles. The molecule has 0 radical (unpaired) electrons. The van der Waals surface area contributed by atoms with Gasteiger partial charge in [0, 0.05) is 40.3 Å². The molecular formula is C16H31N5O2. The quantitative estimate of drug-likeness (QED) is 0.801. The third-order valence-corrected chi connectivity index (χ3v) is 3.37. The summed E-state index contributed by atoms with van der Waals surface area (Å²) in [6.07, 6.45) is 2.33. The van der Waals surface area contributed by atoms with Crippen LogP contribution in [0, 0.1) is 0 Å². The number of nitrogens with one attached hydrogen (secondary N) is 2. The molecule has 132 valence electrons. The second kappa shape index (κ2) is 8.19. The number of rotatable bonds is 7. The molecule has 0 saturated heterocycles. The van der Waals surface area contributed by atoms with Gasteiger partial charge >= 0.3 is 6.09 Å². The molecule has 1 unspecified atom stereocenters. The molecule has 0 aliphatic carbocycles. The van der Waals surface area contributed by atoms with Crippen LogP contribution in [0.5, 0.6) is 0 Å². The van der Waals surface area contributed by atoms with E-state index >= 15 is 0 Å². The van der Waals surface area contributed by atoms with Crippen molar-refractivity contribution in [1.29, 1.82) is 0 Å². The van der Waals surface area contributed by atoms with E-state index in [9.17, 15) is 4.79 Å². The van der Waals surface area contributed by atoms with Crippen LogP contribution in [0.3, 0.4) is 0 Å². The van der Waals surface area contributed by atoms with Gasteiger partial charge in [-0.15, -0.1) is 0 Å². The highest BCUT2D eigenvalue weighted by molar-refractivity contribution is 5.68. The Bertz CT molecular complexity index is 505. The van der Waals surface area contributed by atoms with Crippen molar-refractivity contribution in [2.75, 3.05) is 25.5 Å². The molecule has 2 N–H and O–H groups in total. The number of carbonyl (C=O) groups is 1. The first-order valence-corrected chi connectivity index (χ1v) is 8.02. The van der Waals surface area contributed by atoms with Gasteiger partial charge in [0.15, 0.2) is 0 Å². The molecule has 1 rings (SSSR count). The Morgan fingerprint density at radius 1 is 1.43 bits per heavy atom. The molecule has 1 aromatic heterocycles. The van der Waals surface area contributed by atoms with Crippen LogP contribution in [-0.2, 0) is 18.3 Å². The fourth-order valence-corrected chi connectivity index (χ4v) is 2.16. The van der Waals surface area contributed by atoms with Gasteiger partial charge in [-0.3, -0.25) is 0 Å². The zero-order chi connectivity index (χ0) is 17.6. The molecule has 0 saturated carbocycles. The first-order valence-electron chi connectivity index (χ1n) is 8.02. The molecule has 0 aliphatic rings. The second-order valence-corrected chi connectivity index (χ2v) is 6.89. The molecule has 7 nitrogen and oxygen atoms in total. The minimum Gasteiger partial charge on any atom is -0.444 e. The van der Waals surface area contributed by atoms with Crippen LogP contribution < -0.4 is 15.5 Å². The zero-order valence-electron chi connectivity index (χ0n) is 15.4. The maximum absolute atomic E-state index is 11.8. The molecule has 1 amide bonds. The summed E-state index contributed by atoms with van der Waals surface area (Å²) in [7, 11) is 5.93. The molecule has 1 aromatic rings. The summed E-state index contributed by atoms with van der Waals surface area (Å²) >= 11 is 0. The lowest BCUT2D eigenvalue weighted by Gasteiger charge is -2.23. The van der Waals surface area contributed by atoms with Crippen molar-refractivity contribution >= 4 is 12.0 Å². The van der Waals surface area contributed by atoms with Crippen molar-refractivity contribution < 1.29 is 9.53 Å². The van der Waals surface area contributed by atoms with E-state index in [0.717, 1.165) is 18.1 Å². The standard InChI is InChI=1S/C16H31N5O2/c1-8-12(19-15(22)23-16(2,3)4)9-17-10-13-11-18-14(20(5)6)21(13)7/h11-12,17H,8-10H2,1-7H3,(H,19,22). The molecule has 7 heteroatoms. The second-order valence-electron chi connectivity index (χ2n) is 6.89. The predicted molar refractivity (Wildman–Crippen MR) is 92.7 cm³/mol. The van der Waals surface area contributed by atoms with Crippen LogP contribution in [0.4, 0.5) is 10.7 Å². The lowest BCUT2D eigenvalue weighted by molar-refractivity contribution is 0.0502. The van der Waals surface area contributed by atoms with E-state index in [0.29, 0.717) is 13.1 Å². The predicted octanol–water partition coefficient (Wildman–Crippen LogP) is 1.88. The summed E-state index contributed by atoms with van der Waals surface area (Å²) in [5, 5.41) is 6.26. The first kappa shape index (κ1) is 19.3. The normalized spacial score (nSPS) is 12.8. The van der Waals surface area contributed by atoms with E-state index in [1.807, 2.05) is 59.9 Å². The zero-order valence-corrected chi connectivity index (χ0v) is 15.4. The van der Waals surface area contributed by atoms with Gasteiger partial charge in [0.25, 0.3) is 0 Å². The Hall–Kier alpha value is -1.76. The Morgan fingerprint density at radius 3 is 2.57 bits per heavy atom. The number of nitrogens with zero attached hydrogens (tertiary/aromatic N) is 3. The van der Waals surface area contributed by atoms with Crippen molar-refractivity contribution in [2.45, 2.75) is 52.3 Å². The lowest BCUT2D eigenvalue weighted by Crippen LogP contribution is -2.43. The molecular weight excluding hydrogens is 294 g/mol. The number of hydrogen-bond donors (Lipinski definition) is 2. The molecule has 0 aromatic carbocycles. The van der Waals surface area contributed by atoms with Gasteiger partial charge in [-0.2, -0.15) is 0 Å². The van der Waals surface area contributed by atoms with Gasteiger partial charge in [0.2, 0.25) is 5.95 Å². The van der Waals surface area contributed by atoms with Crippen LogP contribution in [0.1, 0.15) is 39.8 Å². The number of ether oxygens (including phenoxy) is 1. The summed E-state index contributed by atoms with van der Waals surface area (Å²) in [6.45, 7) is 8.99. The Kier molecular flexibility index (Phi) is 6.87.